The van der Waals surface area contributed by atoms with Gasteiger partial charge in [-0.25, -0.2) is 8.97 Å². The Balaban J connectivity index is 1.81. The van der Waals surface area contributed by atoms with Gasteiger partial charge in [-0.15, -0.1) is 21.5 Å². The zero-order valence-corrected chi connectivity index (χ0v) is 18.4. The minimum Gasteiger partial charge on any atom is -0.268 e. The Hall–Kier alpha value is -2.12. The van der Waals surface area contributed by atoms with Gasteiger partial charge >= 0.3 is 0 Å². The number of fused-ring (bicyclic) bond motifs is 5. The van der Waals surface area contributed by atoms with E-state index in [0.29, 0.717) is 11.7 Å². The van der Waals surface area contributed by atoms with Crippen molar-refractivity contribution in [2.75, 3.05) is 5.75 Å². The van der Waals surface area contributed by atoms with Crippen LogP contribution in [0.25, 0.3) is 21.7 Å². The van der Waals surface area contributed by atoms with Crippen LogP contribution in [0.5, 0.6) is 0 Å². The monoisotopic (exact) mass is 424 g/mol. The molecule has 4 aromatic rings. The van der Waals surface area contributed by atoms with Crippen molar-refractivity contribution in [1.29, 1.82) is 0 Å². The van der Waals surface area contributed by atoms with Crippen LogP contribution in [0.4, 0.5) is 0 Å². The van der Waals surface area contributed by atoms with Gasteiger partial charge in [0.1, 0.15) is 4.83 Å². The molecule has 0 unspecified atom stereocenters. The number of benzene rings is 1. The van der Waals surface area contributed by atoms with E-state index in [1.165, 1.54) is 16.9 Å². The molecule has 1 aliphatic carbocycles. The van der Waals surface area contributed by atoms with Gasteiger partial charge < -0.3 is 0 Å². The van der Waals surface area contributed by atoms with E-state index < -0.39 is 0 Å². The van der Waals surface area contributed by atoms with Crippen molar-refractivity contribution in [3.05, 3.63) is 51.1 Å². The number of para-hydroxylation sites is 1. The molecule has 0 atom stereocenters. The summed E-state index contributed by atoms with van der Waals surface area (Å²) in [7, 11) is 0. The first-order chi connectivity index (χ1) is 14.1. The number of aryl methyl sites for hydroxylation is 2. The van der Waals surface area contributed by atoms with E-state index in [-0.39, 0.29) is 5.56 Å². The summed E-state index contributed by atoms with van der Waals surface area (Å²) in [5.74, 6) is 2.26. The van der Waals surface area contributed by atoms with Crippen LogP contribution in [0.15, 0.2) is 40.3 Å². The first-order valence-electron chi connectivity index (χ1n) is 10.3. The zero-order valence-electron chi connectivity index (χ0n) is 16.7. The third-order valence-corrected chi connectivity index (χ3v) is 7.77. The molecule has 0 saturated carbocycles. The molecular formula is C22H24N4OS2. The Morgan fingerprint density at radius 1 is 1.14 bits per heavy atom. The number of rotatable bonds is 5. The molecule has 3 aromatic heterocycles. The van der Waals surface area contributed by atoms with Crippen LogP contribution in [-0.4, -0.2) is 24.9 Å². The van der Waals surface area contributed by atoms with Crippen molar-refractivity contribution in [1.82, 2.24) is 19.2 Å². The highest BCUT2D eigenvalue weighted by Gasteiger charge is 2.25. The quantitative estimate of drug-likeness (QED) is 0.418. The maximum atomic E-state index is 13.7. The van der Waals surface area contributed by atoms with Crippen molar-refractivity contribution >= 4 is 39.1 Å². The van der Waals surface area contributed by atoms with E-state index >= 15 is 0 Å². The van der Waals surface area contributed by atoms with Crippen LogP contribution in [0, 0.1) is 5.92 Å². The minimum atomic E-state index is 0.0317. The Kier molecular flexibility index (Phi) is 4.95. The second-order valence-corrected chi connectivity index (χ2v) is 10.2. The Morgan fingerprint density at radius 2 is 1.93 bits per heavy atom. The predicted molar refractivity (Wildman–Crippen MR) is 121 cm³/mol. The molecule has 1 aromatic carbocycles. The topological polar surface area (TPSA) is 52.2 Å². The summed E-state index contributed by atoms with van der Waals surface area (Å²) >= 11 is 3.50. The zero-order chi connectivity index (χ0) is 20.0. The summed E-state index contributed by atoms with van der Waals surface area (Å²) in [6.07, 6.45) is 5.54. The fourth-order valence-electron chi connectivity index (χ4n) is 4.01. The summed E-state index contributed by atoms with van der Waals surface area (Å²) in [4.78, 5) is 16.0. The Morgan fingerprint density at radius 3 is 2.72 bits per heavy atom. The number of nitrogens with zero attached hydrogens (tertiary/aromatic N) is 4. The second-order valence-electron chi connectivity index (χ2n) is 8.02. The molecule has 0 spiro atoms. The molecule has 0 saturated heterocycles. The van der Waals surface area contributed by atoms with Gasteiger partial charge in [0.05, 0.1) is 11.1 Å². The van der Waals surface area contributed by atoms with E-state index in [2.05, 4.69) is 28.4 Å². The second kappa shape index (κ2) is 7.61. The summed E-state index contributed by atoms with van der Waals surface area (Å²) in [5, 5.41) is 10.7. The summed E-state index contributed by atoms with van der Waals surface area (Å²) in [6, 6.07) is 9.81. The van der Waals surface area contributed by atoms with Gasteiger partial charge in [0.15, 0.2) is 5.16 Å². The molecule has 5 rings (SSSR count). The number of thioether (sulfide) groups is 1. The third-order valence-electron chi connectivity index (χ3n) is 5.53. The van der Waals surface area contributed by atoms with Gasteiger partial charge in [-0.05, 0) is 55.7 Å². The molecule has 7 heteroatoms. The maximum Gasteiger partial charge on any atom is 0.268 e. The fraction of sp³-hybridized carbons (Fsp3) is 0.409. The van der Waals surface area contributed by atoms with E-state index in [0.717, 1.165) is 52.5 Å². The van der Waals surface area contributed by atoms with E-state index in [1.54, 1.807) is 27.7 Å². The highest BCUT2D eigenvalue weighted by Crippen LogP contribution is 2.36. The molecule has 3 heterocycles. The van der Waals surface area contributed by atoms with Crippen molar-refractivity contribution in [3.8, 4) is 5.69 Å². The summed E-state index contributed by atoms with van der Waals surface area (Å²) < 4.78 is 3.86. The lowest BCUT2D eigenvalue weighted by atomic mass is 9.97. The average molecular weight is 425 g/mol. The van der Waals surface area contributed by atoms with Crippen molar-refractivity contribution < 1.29 is 0 Å². The Labute approximate surface area is 177 Å². The molecular weight excluding hydrogens is 400 g/mol. The smallest absolute Gasteiger partial charge is 0.268 e. The van der Waals surface area contributed by atoms with Crippen LogP contribution < -0.4 is 5.56 Å². The van der Waals surface area contributed by atoms with E-state index in [1.807, 2.05) is 30.3 Å². The summed E-state index contributed by atoms with van der Waals surface area (Å²) in [5.41, 5.74) is 2.12. The molecule has 1 aliphatic rings. The molecule has 0 bridgehead atoms. The largest absolute Gasteiger partial charge is 0.268 e. The lowest BCUT2D eigenvalue weighted by Gasteiger charge is -2.12. The summed E-state index contributed by atoms with van der Waals surface area (Å²) in [6.45, 7) is 4.47. The molecule has 150 valence electrons. The van der Waals surface area contributed by atoms with E-state index in [9.17, 15) is 4.79 Å². The van der Waals surface area contributed by atoms with Gasteiger partial charge in [-0.3, -0.25) is 4.79 Å². The van der Waals surface area contributed by atoms with E-state index in [4.69, 9.17) is 0 Å². The molecule has 0 N–H and O–H groups in total. The SMILES string of the molecule is CC(C)CCSc1nnc2n(-c3ccccc3)c(=O)c3c4c(sc3n12)CCCC4. The molecule has 5 nitrogen and oxygen atoms in total. The molecule has 0 radical (unpaired) electrons. The van der Waals surface area contributed by atoms with Crippen LogP contribution in [-0.2, 0) is 12.8 Å². The third kappa shape index (κ3) is 3.20. The first kappa shape index (κ1) is 18.9. The van der Waals surface area contributed by atoms with Gasteiger partial charge in [0.2, 0.25) is 5.78 Å². The number of hydrogen-bond donors (Lipinski definition) is 0. The number of aromatic nitrogens is 4. The van der Waals surface area contributed by atoms with Gasteiger partial charge in [-0.2, -0.15) is 0 Å². The van der Waals surface area contributed by atoms with Crippen LogP contribution in [0.2, 0.25) is 0 Å². The van der Waals surface area contributed by atoms with Crippen molar-refractivity contribution in [2.45, 2.75) is 51.1 Å². The predicted octanol–water partition coefficient (Wildman–Crippen LogP) is 5.11. The highest BCUT2D eigenvalue weighted by molar-refractivity contribution is 7.99. The van der Waals surface area contributed by atoms with Gasteiger partial charge in [0, 0.05) is 10.6 Å². The molecule has 0 fully saturated rings. The number of hydrogen-bond acceptors (Lipinski definition) is 5. The van der Waals surface area contributed by atoms with Gasteiger partial charge in [-0.1, -0.05) is 43.8 Å². The van der Waals surface area contributed by atoms with Crippen molar-refractivity contribution in [3.63, 3.8) is 0 Å². The maximum absolute atomic E-state index is 13.7. The van der Waals surface area contributed by atoms with Crippen LogP contribution >= 0.6 is 23.1 Å². The highest BCUT2D eigenvalue weighted by atomic mass is 32.2. The molecule has 29 heavy (non-hydrogen) atoms. The average Bonchev–Trinajstić information content (AvgIpc) is 3.30. The lowest BCUT2D eigenvalue weighted by molar-refractivity contribution is 0.631. The molecule has 0 amide bonds. The normalized spacial score (nSPS) is 14.2. The number of thiophene rings is 1. The standard InChI is InChI=1S/C22H24N4OS2/c1-14(2)12-13-28-22-24-23-21-25(15-8-4-3-5-9-15)19(27)18-16-10-6-7-11-17(16)29-20(18)26(21)22/h3-5,8-9,14H,6-7,10-13H2,1-2H3. The van der Waals surface area contributed by atoms with Crippen molar-refractivity contribution in [2.24, 2.45) is 5.92 Å². The van der Waals surface area contributed by atoms with Crippen LogP contribution in [0.1, 0.15) is 43.6 Å². The Bertz CT molecular complexity index is 1240. The minimum absolute atomic E-state index is 0.0317. The first-order valence-corrected chi connectivity index (χ1v) is 12.1. The fourth-order valence-corrected chi connectivity index (χ4v) is 6.62. The van der Waals surface area contributed by atoms with Crippen LogP contribution in [0.3, 0.4) is 0 Å². The lowest BCUT2D eigenvalue weighted by Crippen LogP contribution is -2.22. The van der Waals surface area contributed by atoms with Gasteiger partial charge in [0.25, 0.3) is 5.56 Å². The molecule has 0 aliphatic heterocycles.